The molecular formula is C15H28BrNO2. The third-order valence-electron chi connectivity index (χ3n) is 3.56. The molecule has 0 spiro atoms. The van der Waals surface area contributed by atoms with E-state index in [2.05, 4.69) is 21.2 Å². The van der Waals surface area contributed by atoms with Crippen LogP contribution >= 0.6 is 15.9 Å². The first-order chi connectivity index (χ1) is 8.94. The van der Waals surface area contributed by atoms with Crippen molar-refractivity contribution >= 4 is 21.9 Å². The highest BCUT2D eigenvalue weighted by Gasteiger charge is 2.32. The van der Waals surface area contributed by atoms with Crippen LogP contribution in [0, 0.1) is 11.8 Å². The number of hydrogen-bond acceptors (Lipinski definition) is 3. The summed E-state index contributed by atoms with van der Waals surface area (Å²) in [4.78, 5) is 12.4. The summed E-state index contributed by atoms with van der Waals surface area (Å²) in [6, 6.07) is 0. The Bertz CT molecular complexity index is 270. The van der Waals surface area contributed by atoms with Crippen molar-refractivity contribution in [1.29, 1.82) is 0 Å². The number of alkyl halides is 1. The molecule has 0 aromatic rings. The number of carbonyl (C=O) groups is 1. The normalized spacial score (nSPS) is 19.2. The first kappa shape index (κ1) is 17.0. The maximum absolute atomic E-state index is 12.4. The van der Waals surface area contributed by atoms with Gasteiger partial charge in [0.1, 0.15) is 5.60 Å². The second-order valence-electron chi connectivity index (χ2n) is 6.41. The summed E-state index contributed by atoms with van der Waals surface area (Å²) < 4.78 is 5.61. The van der Waals surface area contributed by atoms with Crippen molar-refractivity contribution in [2.75, 3.05) is 18.4 Å². The number of ether oxygens (including phenoxy) is 1. The van der Waals surface area contributed by atoms with E-state index in [0.717, 1.165) is 50.5 Å². The highest BCUT2D eigenvalue weighted by molar-refractivity contribution is 9.09. The van der Waals surface area contributed by atoms with Gasteiger partial charge in [0.15, 0.2) is 0 Å². The average Bonchev–Trinajstić information content (AvgIpc) is 2.33. The molecule has 1 saturated heterocycles. The third kappa shape index (κ3) is 6.75. The standard InChI is InChI=1S/C15H28BrNO2/c1-15(2,3)19-14(18)13(6-4-5-9-16)12-7-10-17-11-8-12/h12-13,17H,4-11H2,1-3H3. The minimum absolute atomic E-state index is 0.00831. The van der Waals surface area contributed by atoms with Gasteiger partial charge in [-0.3, -0.25) is 4.79 Å². The minimum Gasteiger partial charge on any atom is -0.460 e. The van der Waals surface area contributed by atoms with E-state index in [9.17, 15) is 4.79 Å². The van der Waals surface area contributed by atoms with Crippen molar-refractivity contribution in [1.82, 2.24) is 5.32 Å². The van der Waals surface area contributed by atoms with Crippen molar-refractivity contribution in [3.8, 4) is 0 Å². The van der Waals surface area contributed by atoms with Gasteiger partial charge in [-0.25, -0.2) is 0 Å². The van der Waals surface area contributed by atoms with Gasteiger partial charge in [0.05, 0.1) is 5.92 Å². The van der Waals surface area contributed by atoms with E-state index in [0.29, 0.717) is 5.92 Å². The Labute approximate surface area is 126 Å². The minimum atomic E-state index is -0.377. The Kier molecular flexibility index (Phi) is 7.37. The van der Waals surface area contributed by atoms with Crippen molar-refractivity contribution in [3.63, 3.8) is 0 Å². The maximum Gasteiger partial charge on any atom is 0.309 e. The zero-order chi connectivity index (χ0) is 14.3. The number of carbonyl (C=O) groups excluding carboxylic acids is 1. The van der Waals surface area contributed by atoms with E-state index in [1.807, 2.05) is 20.8 Å². The van der Waals surface area contributed by atoms with E-state index < -0.39 is 0 Å². The maximum atomic E-state index is 12.4. The summed E-state index contributed by atoms with van der Waals surface area (Å²) >= 11 is 3.46. The van der Waals surface area contributed by atoms with Crippen LogP contribution in [0.2, 0.25) is 0 Å². The monoisotopic (exact) mass is 333 g/mol. The summed E-state index contributed by atoms with van der Waals surface area (Å²) in [6.07, 6.45) is 5.38. The SMILES string of the molecule is CC(C)(C)OC(=O)C(CCCCBr)C1CCNCC1. The van der Waals surface area contributed by atoms with Gasteiger partial charge in [-0.2, -0.15) is 0 Å². The van der Waals surface area contributed by atoms with Gasteiger partial charge < -0.3 is 10.1 Å². The van der Waals surface area contributed by atoms with Gasteiger partial charge in [-0.1, -0.05) is 22.4 Å². The highest BCUT2D eigenvalue weighted by atomic mass is 79.9. The molecule has 1 atom stereocenters. The quantitative estimate of drug-likeness (QED) is 0.459. The molecule has 1 unspecified atom stereocenters. The van der Waals surface area contributed by atoms with Crippen LogP contribution in [-0.4, -0.2) is 30.0 Å². The van der Waals surface area contributed by atoms with Crippen molar-refractivity contribution in [2.45, 2.75) is 58.5 Å². The molecule has 1 fully saturated rings. The fraction of sp³-hybridized carbons (Fsp3) is 0.933. The van der Waals surface area contributed by atoms with Crippen LogP contribution in [0.3, 0.4) is 0 Å². The Morgan fingerprint density at radius 1 is 1.32 bits per heavy atom. The number of nitrogens with one attached hydrogen (secondary N) is 1. The Balaban J connectivity index is 2.58. The largest absolute Gasteiger partial charge is 0.460 e. The van der Waals surface area contributed by atoms with Crippen LogP contribution in [0.4, 0.5) is 0 Å². The first-order valence-electron chi connectivity index (χ1n) is 7.43. The van der Waals surface area contributed by atoms with Gasteiger partial charge >= 0.3 is 5.97 Å². The Morgan fingerprint density at radius 3 is 2.47 bits per heavy atom. The molecule has 0 aromatic carbocycles. The second-order valence-corrected chi connectivity index (χ2v) is 7.21. The zero-order valence-electron chi connectivity index (χ0n) is 12.5. The molecule has 0 bridgehead atoms. The van der Waals surface area contributed by atoms with Crippen LogP contribution < -0.4 is 5.32 Å². The van der Waals surface area contributed by atoms with E-state index in [1.54, 1.807) is 0 Å². The molecule has 1 heterocycles. The molecule has 112 valence electrons. The molecule has 1 aliphatic rings. The molecule has 4 heteroatoms. The number of hydrogen-bond donors (Lipinski definition) is 1. The summed E-state index contributed by atoms with van der Waals surface area (Å²) in [6.45, 7) is 7.90. The fourth-order valence-corrected chi connectivity index (χ4v) is 3.03. The van der Waals surface area contributed by atoms with Crippen LogP contribution in [0.5, 0.6) is 0 Å². The summed E-state index contributed by atoms with van der Waals surface area (Å²) in [5, 5.41) is 4.38. The Morgan fingerprint density at radius 2 is 1.95 bits per heavy atom. The predicted molar refractivity (Wildman–Crippen MR) is 82.6 cm³/mol. The zero-order valence-corrected chi connectivity index (χ0v) is 14.1. The van der Waals surface area contributed by atoms with Gasteiger partial charge in [-0.05, 0) is 65.5 Å². The average molecular weight is 334 g/mol. The lowest BCUT2D eigenvalue weighted by Gasteiger charge is -2.31. The van der Waals surface area contributed by atoms with E-state index in [1.165, 1.54) is 0 Å². The van der Waals surface area contributed by atoms with E-state index in [4.69, 9.17) is 4.74 Å². The molecule has 3 nitrogen and oxygen atoms in total. The van der Waals surface area contributed by atoms with Crippen LogP contribution in [0.25, 0.3) is 0 Å². The van der Waals surface area contributed by atoms with Gasteiger partial charge in [0.25, 0.3) is 0 Å². The van der Waals surface area contributed by atoms with Crippen molar-refractivity contribution < 1.29 is 9.53 Å². The van der Waals surface area contributed by atoms with Gasteiger partial charge in [-0.15, -0.1) is 0 Å². The topological polar surface area (TPSA) is 38.3 Å². The molecule has 0 saturated carbocycles. The molecule has 19 heavy (non-hydrogen) atoms. The molecule has 1 aliphatic heterocycles. The predicted octanol–water partition coefficient (Wildman–Crippen LogP) is 3.51. The van der Waals surface area contributed by atoms with E-state index in [-0.39, 0.29) is 17.5 Å². The lowest BCUT2D eigenvalue weighted by atomic mass is 9.82. The molecule has 0 radical (unpaired) electrons. The lowest BCUT2D eigenvalue weighted by Crippen LogP contribution is -2.37. The Hall–Kier alpha value is -0.0900. The number of halogens is 1. The van der Waals surface area contributed by atoms with Gasteiger partial charge in [0.2, 0.25) is 0 Å². The highest BCUT2D eigenvalue weighted by Crippen LogP contribution is 2.29. The van der Waals surface area contributed by atoms with Crippen molar-refractivity contribution in [3.05, 3.63) is 0 Å². The molecule has 1 rings (SSSR count). The fourth-order valence-electron chi connectivity index (χ4n) is 2.63. The summed E-state index contributed by atoms with van der Waals surface area (Å²) in [7, 11) is 0. The van der Waals surface area contributed by atoms with Gasteiger partial charge in [0, 0.05) is 5.33 Å². The number of piperidine rings is 1. The van der Waals surface area contributed by atoms with Crippen LogP contribution in [0.15, 0.2) is 0 Å². The number of unbranched alkanes of at least 4 members (excludes halogenated alkanes) is 1. The first-order valence-corrected chi connectivity index (χ1v) is 8.55. The summed E-state index contributed by atoms with van der Waals surface area (Å²) in [5.74, 6) is 0.584. The number of esters is 1. The second kappa shape index (κ2) is 8.25. The smallest absolute Gasteiger partial charge is 0.309 e. The molecule has 0 aliphatic carbocycles. The molecule has 1 N–H and O–H groups in total. The third-order valence-corrected chi connectivity index (χ3v) is 4.12. The van der Waals surface area contributed by atoms with Crippen molar-refractivity contribution in [2.24, 2.45) is 11.8 Å². The van der Waals surface area contributed by atoms with E-state index >= 15 is 0 Å². The van der Waals surface area contributed by atoms with Crippen LogP contribution in [0.1, 0.15) is 52.9 Å². The van der Waals surface area contributed by atoms with Crippen LogP contribution in [-0.2, 0) is 9.53 Å². The lowest BCUT2D eigenvalue weighted by molar-refractivity contribution is -0.162. The molecule has 0 amide bonds. The molecule has 0 aromatic heterocycles. The number of rotatable bonds is 6. The summed E-state index contributed by atoms with van der Waals surface area (Å²) in [5.41, 5.74) is -0.377. The molecular weight excluding hydrogens is 306 g/mol.